The van der Waals surface area contributed by atoms with E-state index in [9.17, 15) is 9.90 Å². The molecule has 2 aromatic carbocycles. The second-order valence-electron chi connectivity index (χ2n) is 5.32. The average molecular weight is 426 g/mol. The van der Waals surface area contributed by atoms with Gasteiger partial charge in [-0.3, -0.25) is 5.32 Å². The first-order chi connectivity index (χ1) is 12.0. The summed E-state index contributed by atoms with van der Waals surface area (Å²) < 4.78 is 6.26. The first-order valence-corrected chi connectivity index (χ1v) is 9.76. The summed E-state index contributed by atoms with van der Waals surface area (Å²) in [6.07, 6.45) is 1.56. The zero-order chi connectivity index (χ0) is 18.2. The Kier molecular flexibility index (Phi) is 7.61. The van der Waals surface area contributed by atoms with Gasteiger partial charge in [0.05, 0.1) is 0 Å². The van der Waals surface area contributed by atoms with E-state index >= 15 is 0 Å². The lowest BCUT2D eigenvalue weighted by molar-refractivity contribution is 0.0979. The van der Waals surface area contributed by atoms with Crippen LogP contribution in [0.5, 0.6) is 5.75 Å². The number of aromatic hydroxyl groups is 1. The van der Waals surface area contributed by atoms with Gasteiger partial charge >= 0.3 is 6.09 Å². The van der Waals surface area contributed by atoms with Gasteiger partial charge < -0.3 is 14.9 Å². The van der Waals surface area contributed by atoms with Crippen LogP contribution in [0.15, 0.2) is 51.8 Å². The number of aliphatic hydroxyl groups excluding tert-OH is 1. The van der Waals surface area contributed by atoms with Gasteiger partial charge in [0.15, 0.2) is 0 Å². The van der Waals surface area contributed by atoms with Crippen LogP contribution in [0.1, 0.15) is 24.5 Å². The van der Waals surface area contributed by atoms with Crippen LogP contribution in [0.4, 0.5) is 10.5 Å². The van der Waals surface area contributed by atoms with Gasteiger partial charge in [-0.15, -0.1) is 11.8 Å². The van der Waals surface area contributed by atoms with Crippen LogP contribution in [-0.4, -0.2) is 29.2 Å². The Balaban J connectivity index is 2.09. The van der Waals surface area contributed by atoms with Gasteiger partial charge in [-0.2, -0.15) is 0 Å². The minimum absolute atomic E-state index is 0.0214. The lowest BCUT2D eigenvalue weighted by Crippen LogP contribution is -2.18. The topological polar surface area (TPSA) is 78.8 Å². The van der Waals surface area contributed by atoms with Gasteiger partial charge in [-0.05, 0) is 61.6 Å². The Morgan fingerprint density at radius 1 is 1.28 bits per heavy atom. The lowest BCUT2D eigenvalue weighted by Gasteiger charge is -2.19. The van der Waals surface area contributed by atoms with E-state index < -0.39 is 12.2 Å². The molecule has 5 nitrogen and oxygen atoms in total. The van der Waals surface area contributed by atoms with Crippen molar-refractivity contribution < 1.29 is 19.7 Å². The molecule has 0 aliphatic heterocycles. The number of carbonyl (C=O) groups is 1. The molecule has 0 fully saturated rings. The molecule has 0 saturated carbocycles. The number of ether oxygens (including phenoxy) is 1. The molecule has 25 heavy (non-hydrogen) atoms. The van der Waals surface area contributed by atoms with Crippen LogP contribution in [-0.2, 0) is 4.74 Å². The number of phenols is 1. The summed E-state index contributed by atoms with van der Waals surface area (Å²) in [5.41, 5.74) is 1.12. The summed E-state index contributed by atoms with van der Waals surface area (Å²) in [6.45, 7) is -0.0214. The highest BCUT2D eigenvalue weighted by atomic mass is 79.9. The van der Waals surface area contributed by atoms with Gasteiger partial charge in [0.25, 0.3) is 0 Å². The van der Waals surface area contributed by atoms with Crippen LogP contribution in [0.3, 0.4) is 0 Å². The number of rotatable bonds is 7. The summed E-state index contributed by atoms with van der Waals surface area (Å²) in [5.74, 6) is 0.0447. The Bertz CT molecular complexity index is 709. The van der Waals surface area contributed by atoms with Crippen LogP contribution in [0.25, 0.3) is 0 Å². The zero-order valence-corrected chi connectivity index (χ0v) is 16.1. The van der Waals surface area contributed by atoms with Crippen LogP contribution in [0, 0.1) is 0 Å². The molecule has 3 N–H and O–H groups in total. The van der Waals surface area contributed by atoms with E-state index in [2.05, 4.69) is 21.2 Å². The number of benzene rings is 2. The van der Waals surface area contributed by atoms with E-state index in [0.717, 1.165) is 9.37 Å². The van der Waals surface area contributed by atoms with Crippen LogP contribution in [0.2, 0.25) is 0 Å². The highest BCUT2D eigenvalue weighted by molar-refractivity contribution is 9.10. The van der Waals surface area contributed by atoms with Gasteiger partial charge in [-0.25, -0.2) is 4.79 Å². The fourth-order valence-electron chi connectivity index (χ4n) is 2.29. The maximum Gasteiger partial charge on any atom is 0.412 e. The highest BCUT2D eigenvalue weighted by Gasteiger charge is 2.20. The molecule has 0 aliphatic rings. The SMILES string of the molecule is CSc1ccc(NC(=O)O[C@H](CCCO)c2cc(Br)ccc2O)cc1. The Labute approximate surface area is 159 Å². The molecule has 0 unspecified atom stereocenters. The first-order valence-electron chi connectivity index (χ1n) is 7.74. The maximum absolute atomic E-state index is 12.2. The number of nitrogens with one attached hydrogen (secondary N) is 1. The second-order valence-corrected chi connectivity index (χ2v) is 7.11. The number of anilines is 1. The third-order valence-corrected chi connectivity index (χ3v) is 4.78. The van der Waals surface area contributed by atoms with Crippen molar-refractivity contribution in [2.75, 3.05) is 18.2 Å². The number of hydrogen-bond acceptors (Lipinski definition) is 5. The smallest absolute Gasteiger partial charge is 0.412 e. The quantitative estimate of drug-likeness (QED) is 0.547. The fourth-order valence-corrected chi connectivity index (χ4v) is 3.08. The Hall–Kier alpha value is -1.70. The summed E-state index contributed by atoms with van der Waals surface area (Å²) in [6, 6.07) is 12.4. The molecule has 0 spiro atoms. The van der Waals surface area contributed by atoms with E-state index in [-0.39, 0.29) is 12.4 Å². The maximum atomic E-state index is 12.2. The molecule has 0 aliphatic carbocycles. The highest BCUT2D eigenvalue weighted by Crippen LogP contribution is 2.33. The molecule has 0 saturated heterocycles. The van der Waals surface area contributed by atoms with Crippen molar-refractivity contribution in [3.05, 3.63) is 52.5 Å². The van der Waals surface area contributed by atoms with Crippen molar-refractivity contribution in [3.8, 4) is 5.75 Å². The van der Waals surface area contributed by atoms with Crippen molar-refractivity contribution in [1.82, 2.24) is 0 Å². The largest absolute Gasteiger partial charge is 0.508 e. The third kappa shape index (κ3) is 5.95. The molecule has 0 bridgehead atoms. The van der Waals surface area contributed by atoms with Gasteiger partial charge in [0, 0.05) is 27.2 Å². The molecular weight excluding hydrogens is 406 g/mol. The first kappa shape index (κ1) is 19.6. The van der Waals surface area contributed by atoms with E-state index in [0.29, 0.717) is 24.1 Å². The zero-order valence-electron chi connectivity index (χ0n) is 13.7. The molecule has 1 atom stereocenters. The molecule has 1 amide bonds. The van der Waals surface area contributed by atoms with E-state index in [4.69, 9.17) is 9.84 Å². The molecule has 0 heterocycles. The number of phenolic OH excluding ortho intramolecular Hbond substituents is 1. The van der Waals surface area contributed by atoms with Crippen molar-refractivity contribution in [2.45, 2.75) is 23.8 Å². The van der Waals surface area contributed by atoms with Crippen molar-refractivity contribution in [2.24, 2.45) is 0 Å². The molecule has 0 aromatic heterocycles. The third-order valence-electron chi connectivity index (χ3n) is 3.55. The number of hydrogen-bond donors (Lipinski definition) is 3. The number of carbonyl (C=O) groups excluding carboxylic acids is 1. The van der Waals surface area contributed by atoms with Crippen molar-refractivity contribution in [1.29, 1.82) is 0 Å². The lowest BCUT2D eigenvalue weighted by atomic mass is 10.0. The van der Waals surface area contributed by atoms with Crippen LogP contribution < -0.4 is 5.32 Å². The molecule has 134 valence electrons. The summed E-state index contributed by atoms with van der Waals surface area (Å²) in [5, 5.41) is 21.8. The van der Waals surface area contributed by atoms with Gasteiger partial charge in [0.1, 0.15) is 11.9 Å². The monoisotopic (exact) mass is 425 g/mol. The number of amides is 1. The summed E-state index contributed by atoms with van der Waals surface area (Å²) in [7, 11) is 0. The summed E-state index contributed by atoms with van der Waals surface area (Å²) in [4.78, 5) is 13.3. The minimum Gasteiger partial charge on any atom is -0.508 e. The van der Waals surface area contributed by atoms with Gasteiger partial charge in [0.2, 0.25) is 0 Å². The minimum atomic E-state index is -0.657. The molecule has 0 radical (unpaired) electrons. The van der Waals surface area contributed by atoms with Crippen molar-refractivity contribution in [3.63, 3.8) is 0 Å². The summed E-state index contributed by atoms with van der Waals surface area (Å²) >= 11 is 4.96. The normalized spacial score (nSPS) is 11.8. The Morgan fingerprint density at radius 2 is 2.00 bits per heavy atom. The molecular formula is C18H20BrNO4S. The molecule has 7 heteroatoms. The Morgan fingerprint density at radius 3 is 2.64 bits per heavy atom. The van der Waals surface area contributed by atoms with Crippen molar-refractivity contribution >= 4 is 39.5 Å². The van der Waals surface area contributed by atoms with E-state index in [1.54, 1.807) is 36.0 Å². The molecule has 2 rings (SSSR count). The number of thioether (sulfide) groups is 1. The predicted octanol–water partition coefficient (Wildman–Crippen LogP) is 4.94. The standard InChI is InChI=1S/C18H20BrNO4S/c1-25-14-7-5-13(6-8-14)20-18(23)24-17(3-2-10-21)15-11-12(19)4-9-16(15)22/h4-9,11,17,21-22H,2-3,10H2,1H3,(H,20,23)/t17-/m1/s1. The van der Waals surface area contributed by atoms with E-state index in [1.807, 2.05) is 18.4 Å². The van der Waals surface area contributed by atoms with E-state index in [1.165, 1.54) is 6.07 Å². The second kappa shape index (κ2) is 9.70. The molecule has 2 aromatic rings. The average Bonchev–Trinajstić information content (AvgIpc) is 2.61. The number of halogens is 1. The van der Waals surface area contributed by atoms with Crippen LogP contribution >= 0.6 is 27.7 Å². The number of aliphatic hydroxyl groups is 1. The predicted molar refractivity (Wildman–Crippen MR) is 103 cm³/mol. The fraction of sp³-hybridized carbons (Fsp3) is 0.278. The van der Waals surface area contributed by atoms with Gasteiger partial charge in [-0.1, -0.05) is 15.9 Å².